The number of esters is 1. The van der Waals surface area contributed by atoms with Gasteiger partial charge in [0.1, 0.15) is 17.1 Å². The van der Waals surface area contributed by atoms with E-state index in [1.165, 1.54) is 20.3 Å². The Labute approximate surface area is 95.3 Å². The first kappa shape index (κ1) is 12.0. The molecule has 3 nitrogen and oxygen atoms in total. The smallest absolute Gasteiger partial charge is 0.341 e. The molecule has 0 atom stereocenters. The minimum absolute atomic E-state index is 0.0995. The predicted molar refractivity (Wildman–Crippen MR) is 56.7 cm³/mol. The number of ether oxygens (including phenoxy) is 2. The van der Waals surface area contributed by atoms with Crippen LogP contribution in [-0.4, -0.2) is 20.2 Å². The monoisotopic (exact) mass is 276 g/mol. The molecule has 5 heteroatoms. The number of rotatable bonds is 2. The summed E-state index contributed by atoms with van der Waals surface area (Å²) in [5, 5.41) is 0. The molecule has 0 aromatic heterocycles. The Hall–Kier alpha value is -1.10. The van der Waals surface area contributed by atoms with Crippen LogP contribution in [0, 0.1) is 12.7 Å². The molecule has 0 fully saturated rings. The van der Waals surface area contributed by atoms with Crippen LogP contribution >= 0.6 is 15.9 Å². The summed E-state index contributed by atoms with van der Waals surface area (Å²) in [5.41, 5.74) is 0.314. The number of carbonyl (C=O) groups is 1. The van der Waals surface area contributed by atoms with Crippen molar-refractivity contribution in [3.63, 3.8) is 0 Å². The van der Waals surface area contributed by atoms with E-state index in [1.54, 1.807) is 6.92 Å². The van der Waals surface area contributed by atoms with Gasteiger partial charge in [0.2, 0.25) is 0 Å². The Morgan fingerprint density at radius 3 is 2.53 bits per heavy atom. The highest BCUT2D eigenvalue weighted by Gasteiger charge is 2.20. The highest BCUT2D eigenvalue weighted by Crippen LogP contribution is 2.33. The third-order valence-electron chi connectivity index (χ3n) is 2.02. The fourth-order valence-corrected chi connectivity index (χ4v) is 1.98. The summed E-state index contributed by atoms with van der Waals surface area (Å²) in [6, 6.07) is 1.18. The van der Waals surface area contributed by atoms with Crippen molar-refractivity contribution in [1.82, 2.24) is 0 Å². The molecule has 1 rings (SSSR count). The predicted octanol–water partition coefficient (Wildman–Crippen LogP) is 2.69. The third kappa shape index (κ3) is 2.12. The molecule has 0 aliphatic heterocycles. The van der Waals surface area contributed by atoms with Crippen LogP contribution < -0.4 is 4.74 Å². The van der Waals surface area contributed by atoms with Crippen molar-refractivity contribution in [2.45, 2.75) is 6.92 Å². The molecular formula is C10H10BrFO3. The van der Waals surface area contributed by atoms with Gasteiger partial charge in [-0.05, 0) is 28.9 Å². The van der Waals surface area contributed by atoms with Crippen molar-refractivity contribution < 1.29 is 18.7 Å². The summed E-state index contributed by atoms with van der Waals surface area (Å²) in [5.74, 6) is -0.917. The summed E-state index contributed by atoms with van der Waals surface area (Å²) in [4.78, 5) is 11.3. The number of halogens is 2. The molecule has 0 saturated carbocycles. The first-order valence-electron chi connectivity index (χ1n) is 4.13. The maximum atomic E-state index is 13.5. The summed E-state index contributed by atoms with van der Waals surface area (Å²) in [6.45, 7) is 1.60. The number of hydrogen-bond acceptors (Lipinski definition) is 3. The van der Waals surface area contributed by atoms with Gasteiger partial charge in [0.25, 0.3) is 0 Å². The minimum Gasteiger partial charge on any atom is -0.495 e. The first-order chi connectivity index (χ1) is 7.02. The van der Waals surface area contributed by atoms with Gasteiger partial charge in [0.15, 0.2) is 0 Å². The second kappa shape index (κ2) is 4.61. The normalized spacial score (nSPS) is 9.93. The molecule has 0 spiro atoms. The van der Waals surface area contributed by atoms with Gasteiger partial charge in [0, 0.05) is 5.56 Å². The van der Waals surface area contributed by atoms with Crippen LogP contribution in [-0.2, 0) is 4.74 Å². The van der Waals surface area contributed by atoms with E-state index in [0.29, 0.717) is 15.8 Å². The zero-order chi connectivity index (χ0) is 11.6. The summed E-state index contributed by atoms with van der Waals surface area (Å²) in [6.07, 6.45) is 0. The van der Waals surface area contributed by atoms with Crippen LogP contribution in [0.4, 0.5) is 4.39 Å². The standard InChI is InChI=1S/C10H10BrFO3/c1-5-8(10(13)15-3)7(12)4-6(11)9(5)14-2/h4H,1-3H3. The maximum Gasteiger partial charge on any atom is 0.341 e. The van der Waals surface area contributed by atoms with E-state index in [1.807, 2.05) is 0 Å². The molecule has 82 valence electrons. The van der Waals surface area contributed by atoms with Crippen LogP contribution in [0.2, 0.25) is 0 Å². The molecule has 0 bridgehead atoms. The van der Waals surface area contributed by atoms with E-state index in [4.69, 9.17) is 4.74 Å². The Kier molecular flexibility index (Phi) is 3.68. The van der Waals surface area contributed by atoms with Gasteiger partial charge < -0.3 is 9.47 Å². The van der Waals surface area contributed by atoms with E-state index < -0.39 is 11.8 Å². The first-order valence-corrected chi connectivity index (χ1v) is 4.93. The van der Waals surface area contributed by atoms with Gasteiger partial charge in [-0.2, -0.15) is 0 Å². The number of benzene rings is 1. The summed E-state index contributed by atoms with van der Waals surface area (Å²) in [7, 11) is 2.65. The number of carbonyl (C=O) groups excluding carboxylic acids is 1. The quantitative estimate of drug-likeness (QED) is 0.780. The van der Waals surface area contributed by atoms with Gasteiger partial charge >= 0.3 is 5.97 Å². The molecule has 0 amide bonds. The maximum absolute atomic E-state index is 13.5. The van der Waals surface area contributed by atoms with Crippen LogP contribution in [0.5, 0.6) is 5.75 Å². The Balaban J connectivity index is 3.45. The van der Waals surface area contributed by atoms with E-state index in [-0.39, 0.29) is 5.56 Å². The molecule has 15 heavy (non-hydrogen) atoms. The lowest BCUT2D eigenvalue weighted by Crippen LogP contribution is -2.08. The fraction of sp³-hybridized carbons (Fsp3) is 0.300. The van der Waals surface area contributed by atoms with Crippen molar-refractivity contribution in [3.05, 3.63) is 27.5 Å². The molecule has 0 aliphatic carbocycles. The van der Waals surface area contributed by atoms with Crippen molar-refractivity contribution in [3.8, 4) is 5.75 Å². The molecule has 0 heterocycles. The second-order valence-electron chi connectivity index (χ2n) is 2.87. The van der Waals surface area contributed by atoms with Crippen LogP contribution in [0.25, 0.3) is 0 Å². The number of methoxy groups -OCH3 is 2. The Bertz CT molecular complexity index is 404. The van der Waals surface area contributed by atoms with Crippen LogP contribution in [0.3, 0.4) is 0 Å². The topological polar surface area (TPSA) is 35.5 Å². The molecule has 1 aromatic rings. The van der Waals surface area contributed by atoms with E-state index >= 15 is 0 Å². The Morgan fingerprint density at radius 1 is 1.47 bits per heavy atom. The van der Waals surface area contributed by atoms with Gasteiger partial charge in [-0.15, -0.1) is 0 Å². The third-order valence-corrected chi connectivity index (χ3v) is 2.61. The molecule has 0 aliphatic rings. The lowest BCUT2D eigenvalue weighted by atomic mass is 10.1. The van der Waals surface area contributed by atoms with Crippen molar-refractivity contribution in [2.24, 2.45) is 0 Å². The average Bonchev–Trinajstić information content (AvgIpc) is 2.17. The summed E-state index contributed by atoms with van der Waals surface area (Å²) < 4.78 is 23.5. The fourth-order valence-electron chi connectivity index (χ4n) is 1.32. The molecular weight excluding hydrogens is 267 g/mol. The zero-order valence-electron chi connectivity index (χ0n) is 8.56. The molecule has 0 N–H and O–H groups in total. The van der Waals surface area contributed by atoms with Crippen molar-refractivity contribution >= 4 is 21.9 Å². The van der Waals surface area contributed by atoms with E-state index in [9.17, 15) is 9.18 Å². The molecule has 0 unspecified atom stereocenters. The number of hydrogen-bond donors (Lipinski definition) is 0. The highest BCUT2D eigenvalue weighted by atomic mass is 79.9. The average molecular weight is 277 g/mol. The van der Waals surface area contributed by atoms with Gasteiger partial charge in [-0.25, -0.2) is 9.18 Å². The van der Waals surface area contributed by atoms with Gasteiger partial charge in [0.05, 0.1) is 18.7 Å². The minimum atomic E-state index is -0.712. The Morgan fingerprint density at radius 2 is 2.07 bits per heavy atom. The second-order valence-corrected chi connectivity index (χ2v) is 3.72. The zero-order valence-corrected chi connectivity index (χ0v) is 10.1. The lowest BCUT2D eigenvalue weighted by Gasteiger charge is -2.11. The van der Waals surface area contributed by atoms with Crippen LogP contribution in [0.15, 0.2) is 10.5 Å². The largest absolute Gasteiger partial charge is 0.495 e. The molecule has 0 radical (unpaired) electrons. The van der Waals surface area contributed by atoms with Crippen molar-refractivity contribution in [2.75, 3.05) is 14.2 Å². The highest BCUT2D eigenvalue weighted by molar-refractivity contribution is 9.10. The SMILES string of the molecule is COC(=O)c1c(F)cc(Br)c(OC)c1C. The van der Waals surface area contributed by atoms with Gasteiger partial charge in [-0.1, -0.05) is 0 Å². The van der Waals surface area contributed by atoms with E-state index in [0.717, 1.165) is 0 Å². The summed E-state index contributed by atoms with van der Waals surface area (Å²) >= 11 is 3.15. The van der Waals surface area contributed by atoms with E-state index in [2.05, 4.69) is 20.7 Å². The molecule has 0 saturated heterocycles. The lowest BCUT2D eigenvalue weighted by molar-refractivity contribution is 0.0594. The van der Waals surface area contributed by atoms with Crippen LogP contribution in [0.1, 0.15) is 15.9 Å². The molecule has 1 aromatic carbocycles. The van der Waals surface area contributed by atoms with Gasteiger partial charge in [-0.3, -0.25) is 0 Å². The van der Waals surface area contributed by atoms with Crippen molar-refractivity contribution in [1.29, 1.82) is 0 Å².